The number of hydrogen-bond acceptors (Lipinski definition) is 2. The zero-order chi connectivity index (χ0) is 13.3. The Hall–Kier alpha value is -1.61. The van der Waals surface area contributed by atoms with E-state index in [2.05, 4.69) is 55.9 Å². The van der Waals surface area contributed by atoms with E-state index >= 15 is 0 Å². The maximum Gasteiger partial charge on any atom is 0.127 e. The summed E-state index contributed by atoms with van der Waals surface area (Å²) in [6.07, 6.45) is 3.53. The fourth-order valence-corrected chi connectivity index (χ4v) is 2.09. The van der Waals surface area contributed by atoms with Gasteiger partial charge in [0.15, 0.2) is 0 Å². The monoisotopic (exact) mass is 243 g/mol. The molecule has 0 aliphatic carbocycles. The predicted molar refractivity (Wildman–Crippen MR) is 74.5 cm³/mol. The number of nitrogens with zero attached hydrogens (tertiary/aromatic N) is 1. The molecule has 3 nitrogen and oxygen atoms in total. The summed E-state index contributed by atoms with van der Waals surface area (Å²) in [5.74, 6) is 0.807. The molecular formula is C15H21N3. The number of imidazole rings is 1. The Morgan fingerprint density at radius 1 is 1.28 bits per heavy atom. The second-order valence-corrected chi connectivity index (χ2v) is 5.77. The van der Waals surface area contributed by atoms with Gasteiger partial charge < -0.3 is 10.7 Å². The molecule has 1 aromatic carbocycles. The van der Waals surface area contributed by atoms with Crippen molar-refractivity contribution in [2.24, 2.45) is 5.73 Å². The summed E-state index contributed by atoms with van der Waals surface area (Å²) in [4.78, 5) is 7.30. The van der Waals surface area contributed by atoms with Crippen molar-refractivity contribution in [1.29, 1.82) is 0 Å². The molecule has 2 aromatic rings. The van der Waals surface area contributed by atoms with Gasteiger partial charge in [0.05, 0.1) is 6.04 Å². The van der Waals surface area contributed by atoms with Crippen molar-refractivity contribution in [3.05, 3.63) is 53.1 Å². The molecule has 18 heavy (non-hydrogen) atoms. The third-order valence-electron chi connectivity index (χ3n) is 3.28. The van der Waals surface area contributed by atoms with Crippen molar-refractivity contribution in [2.45, 2.75) is 39.2 Å². The highest BCUT2D eigenvalue weighted by Gasteiger charge is 2.18. The molecule has 0 bridgehead atoms. The normalized spacial score (nSPS) is 13.6. The highest BCUT2D eigenvalue weighted by Crippen LogP contribution is 2.27. The molecule has 0 aliphatic heterocycles. The first-order chi connectivity index (χ1) is 8.39. The van der Waals surface area contributed by atoms with Crippen LogP contribution in [-0.4, -0.2) is 9.97 Å². The summed E-state index contributed by atoms with van der Waals surface area (Å²) in [6.45, 7) is 8.75. The van der Waals surface area contributed by atoms with Crippen LogP contribution in [0.1, 0.15) is 49.3 Å². The Morgan fingerprint density at radius 3 is 2.50 bits per heavy atom. The van der Waals surface area contributed by atoms with Crippen molar-refractivity contribution in [3.63, 3.8) is 0 Å². The summed E-state index contributed by atoms with van der Waals surface area (Å²) < 4.78 is 0. The van der Waals surface area contributed by atoms with Crippen molar-refractivity contribution in [1.82, 2.24) is 9.97 Å². The number of rotatable bonds is 2. The minimum Gasteiger partial charge on any atom is -0.347 e. The minimum absolute atomic E-state index is 0.165. The number of aryl methyl sites for hydroxylation is 1. The van der Waals surface area contributed by atoms with Crippen LogP contribution < -0.4 is 5.73 Å². The Labute approximate surface area is 108 Å². The lowest BCUT2D eigenvalue weighted by atomic mass is 9.84. The highest BCUT2D eigenvalue weighted by atomic mass is 14.9. The van der Waals surface area contributed by atoms with E-state index in [1.54, 1.807) is 12.4 Å². The fraction of sp³-hybridized carbons (Fsp3) is 0.400. The highest BCUT2D eigenvalue weighted by molar-refractivity contribution is 5.38. The quantitative estimate of drug-likeness (QED) is 0.851. The third-order valence-corrected chi connectivity index (χ3v) is 3.28. The molecule has 1 heterocycles. The molecule has 0 saturated heterocycles. The first-order valence-corrected chi connectivity index (χ1v) is 6.25. The summed E-state index contributed by atoms with van der Waals surface area (Å²) in [6, 6.07) is 6.31. The van der Waals surface area contributed by atoms with E-state index in [-0.39, 0.29) is 11.5 Å². The van der Waals surface area contributed by atoms with Crippen LogP contribution in [-0.2, 0) is 5.41 Å². The first kappa shape index (κ1) is 12.8. The molecule has 0 radical (unpaired) electrons. The van der Waals surface area contributed by atoms with Gasteiger partial charge in [-0.2, -0.15) is 0 Å². The van der Waals surface area contributed by atoms with Crippen LogP contribution in [0.25, 0.3) is 0 Å². The lowest BCUT2D eigenvalue weighted by molar-refractivity contribution is 0.589. The van der Waals surface area contributed by atoms with E-state index in [0.717, 1.165) is 11.4 Å². The molecule has 1 aromatic heterocycles. The second kappa shape index (κ2) is 4.58. The maximum absolute atomic E-state index is 6.23. The molecule has 2 rings (SSSR count). The summed E-state index contributed by atoms with van der Waals surface area (Å²) in [5.41, 5.74) is 10.1. The molecule has 0 saturated carbocycles. The topological polar surface area (TPSA) is 54.7 Å². The van der Waals surface area contributed by atoms with E-state index in [1.165, 1.54) is 11.1 Å². The molecule has 96 valence electrons. The van der Waals surface area contributed by atoms with E-state index in [0.29, 0.717) is 0 Å². The predicted octanol–water partition coefficient (Wildman–Crippen LogP) is 3.06. The molecule has 0 spiro atoms. The first-order valence-electron chi connectivity index (χ1n) is 6.25. The van der Waals surface area contributed by atoms with Crippen LogP contribution in [0.5, 0.6) is 0 Å². The van der Waals surface area contributed by atoms with Crippen LogP contribution in [0.3, 0.4) is 0 Å². The van der Waals surface area contributed by atoms with Crippen molar-refractivity contribution >= 4 is 0 Å². The van der Waals surface area contributed by atoms with E-state index in [1.807, 2.05) is 0 Å². The maximum atomic E-state index is 6.23. The van der Waals surface area contributed by atoms with Crippen LogP contribution in [0.15, 0.2) is 30.6 Å². The van der Waals surface area contributed by atoms with Gasteiger partial charge in [-0.3, -0.25) is 0 Å². The number of benzene rings is 1. The van der Waals surface area contributed by atoms with Crippen LogP contribution in [0.2, 0.25) is 0 Å². The smallest absolute Gasteiger partial charge is 0.127 e. The molecule has 1 unspecified atom stereocenters. The van der Waals surface area contributed by atoms with Gasteiger partial charge in [0.1, 0.15) is 5.82 Å². The molecule has 0 amide bonds. The lowest BCUT2D eigenvalue weighted by Crippen LogP contribution is -2.17. The molecular weight excluding hydrogens is 222 g/mol. The second-order valence-electron chi connectivity index (χ2n) is 5.77. The minimum atomic E-state index is -0.186. The molecule has 3 heteroatoms. The Morgan fingerprint density at radius 2 is 2.00 bits per heavy atom. The average molecular weight is 243 g/mol. The standard InChI is InChI=1S/C15H21N3/c1-10-9-11(15(2,3)4)5-6-12(10)13(16)14-17-7-8-18-14/h5-9,13H,16H2,1-4H3,(H,17,18). The third kappa shape index (κ3) is 2.46. The van der Waals surface area contributed by atoms with Crippen molar-refractivity contribution in [2.75, 3.05) is 0 Å². The summed E-state index contributed by atoms with van der Waals surface area (Å²) in [5, 5.41) is 0. The van der Waals surface area contributed by atoms with E-state index < -0.39 is 0 Å². The summed E-state index contributed by atoms with van der Waals surface area (Å²) >= 11 is 0. The summed E-state index contributed by atoms with van der Waals surface area (Å²) in [7, 11) is 0. The van der Waals surface area contributed by atoms with Gasteiger partial charge in [-0.25, -0.2) is 4.98 Å². The van der Waals surface area contributed by atoms with Crippen LogP contribution in [0.4, 0.5) is 0 Å². The zero-order valence-corrected chi connectivity index (χ0v) is 11.5. The van der Waals surface area contributed by atoms with Gasteiger partial charge >= 0.3 is 0 Å². The fourth-order valence-electron chi connectivity index (χ4n) is 2.09. The Bertz CT molecular complexity index is 521. The number of nitrogens with one attached hydrogen (secondary N) is 1. The number of aromatic amines is 1. The van der Waals surface area contributed by atoms with Gasteiger partial charge in [-0.1, -0.05) is 39.0 Å². The van der Waals surface area contributed by atoms with E-state index in [4.69, 9.17) is 5.73 Å². The van der Waals surface area contributed by atoms with Crippen molar-refractivity contribution in [3.8, 4) is 0 Å². The number of hydrogen-bond donors (Lipinski definition) is 2. The van der Waals surface area contributed by atoms with E-state index in [9.17, 15) is 0 Å². The van der Waals surface area contributed by atoms with Gasteiger partial charge in [0, 0.05) is 12.4 Å². The van der Waals surface area contributed by atoms with Gasteiger partial charge in [-0.15, -0.1) is 0 Å². The van der Waals surface area contributed by atoms with Crippen LogP contribution >= 0.6 is 0 Å². The molecule has 3 N–H and O–H groups in total. The lowest BCUT2D eigenvalue weighted by Gasteiger charge is -2.21. The average Bonchev–Trinajstić information content (AvgIpc) is 2.80. The zero-order valence-electron chi connectivity index (χ0n) is 11.5. The number of aromatic nitrogens is 2. The number of H-pyrrole nitrogens is 1. The largest absolute Gasteiger partial charge is 0.347 e. The van der Waals surface area contributed by atoms with Crippen LogP contribution in [0, 0.1) is 6.92 Å². The van der Waals surface area contributed by atoms with Crippen molar-refractivity contribution < 1.29 is 0 Å². The number of nitrogens with two attached hydrogens (primary N) is 1. The Balaban J connectivity index is 2.36. The molecule has 0 fully saturated rings. The van der Waals surface area contributed by atoms with Gasteiger partial charge in [0.2, 0.25) is 0 Å². The Kier molecular flexibility index (Phi) is 3.26. The molecule has 1 atom stereocenters. The molecule has 0 aliphatic rings. The van der Waals surface area contributed by atoms with Gasteiger partial charge in [-0.05, 0) is 29.0 Å². The SMILES string of the molecule is Cc1cc(C(C)(C)C)ccc1C(N)c1ncc[nH]1. The van der Waals surface area contributed by atoms with Gasteiger partial charge in [0.25, 0.3) is 0 Å².